The van der Waals surface area contributed by atoms with Crippen molar-refractivity contribution in [3.05, 3.63) is 0 Å². The number of rotatable bonds is 2. The highest BCUT2D eigenvalue weighted by Gasteiger charge is 2.38. The molecule has 0 aromatic heterocycles. The minimum absolute atomic E-state index is 0.368. The van der Waals surface area contributed by atoms with Crippen LogP contribution in [-0.4, -0.2) is 34.8 Å². The first-order valence-corrected chi connectivity index (χ1v) is 5.17. The smallest absolute Gasteiger partial charge is 0.338 e. The largest absolute Gasteiger partial charge is 0.479 e. The van der Waals surface area contributed by atoms with E-state index in [0.29, 0.717) is 18.2 Å². The molecule has 1 saturated heterocycles. The summed E-state index contributed by atoms with van der Waals surface area (Å²) in [4.78, 5) is 10.7. The van der Waals surface area contributed by atoms with Crippen LogP contribution in [0.4, 0.5) is 0 Å². The summed E-state index contributed by atoms with van der Waals surface area (Å²) < 4.78 is 0. The Morgan fingerprint density at radius 3 is 3.00 bits per heavy atom. The quantitative estimate of drug-likeness (QED) is 0.564. The van der Waals surface area contributed by atoms with Gasteiger partial charge in [0, 0.05) is 11.7 Å². The van der Waals surface area contributed by atoms with E-state index in [2.05, 4.69) is 5.32 Å². The number of aliphatic carboxylic acids is 1. The first-order chi connectivity index (χ1) is 5.58. The number of nitrogens with one attached hydrogen (secondary N) is 1. The maximum Gasteiger partial charge on any atom is 0.338 e. The molecular formula is C7H14N2O2S. The van der Waals surface area contributed by atoms with Crippen LogP contribution in [-0.2, 0) is 4.79 Å². The van der Waals surface area contributed by atoms with Crippen LogP contribution >= 0.6 is 11.8 Å². The van der Waals surface area contributed by atoms with Gasteiger partial charge in [-0.25, -0.2) is 4.79 Å². The van der Waals surface area contributed by atoms with Gasteiger partial charge in [0.1, 0.15) is 0 Å². The second kappa shape index (κ2) is 3.64. The molecule has 0 radical (unpaired) electrons. The van der Waals surface area contributed by atoms with Crippen LogP contribution in [0.15, 0.2) is 0 Å². The highest BCUT2D eigenvalue weighted by molar-refractivity contribution is 7.99. The lowest BCUT2D eigenvalue weighted by molar-refractivity contribution is -0.145. The zero-order valence-electron chi connectivity index (χ0n) is 7.04. The van der Waals surface area contributed by atoms with Gasteiger partial charge in [0.2, 0.25) is 0 Å². The zero-order valence-corrected chi connectivity index (χ0v) is 7.86. The molecule has 0 amide bonds. The molecule has 0 aromatic rings. The molecule has 0 spiro atoms. The van der Waals surface area contributed by atoms with Crippen molar-refractivity contribution in [1.29, 1.82) is 0 Å². The summed E-state index contributed by atoms with van der Waals surface area (Å²) in [6.45, 7) is 0.689. The minimum atomic E-state index is -1.20. The normalized spacial score (nSPS) is 36.3. The molecule has 0 saturated carbocycles. The summed E-state index contributed by atoms with van der Waals surface area (Å²) in [6, 6.07) is 0. The van der Waals surface area contributed by atoms with Crippen LogP contribution < -0.4 is 11.1 Å². The predicted molar refractivity (Wildman–Crippen MR) is 49.1 cm³/mol. The Bertz CT molecular complexity index is 188. The number of nitrogens with two attached hydrogens (primary N) is 1. The van der Waals surface area contributed by atoms with Gasteiger partial charge in [0.25, 0.3) is 0 Å². The van der Waals surface area contributed by atoms with Gasteiger partial charge in [-0.1, -0.05) is 0 Å². The fourth-order valence-electron chi connectivity index (χ4n) is 1.35. The molecule has 1 aliphatic rings. The molecule has 0 aromatic carbocycles. The summed E-state index contributed by atoms with van der Waals surface area (Å²) in [6.07, 6.45) is 3.48. The number of carboxylic acids is 1. The van der Waals surface area contributed by atoms with Gasteiger partial charge in [-0.15, -0.1) is 0 Å². The average molecular weight is 190 g/mol. The monoisotopic (exact) mass is 190 g/mol. The second-order valence-corrected chi connectivity index (χ2v) is 4.19. The standard InChI is InChI=1S/C7H14N2O2S/c1-12-5-2-3-9-7(8,4-5)6(10)11/h5,9H,2-4,8H2,1H3,(H,10,11). The predicted octanol–water partition coefficient (Wildman–Crippen LogP) is -0.159. The lowest BCUT2D eigenvalue weighted by Gasteiger charge is -2.34. The molecule has 12 heavy (non-hydrogen) atoms. The Morgan fingerprint density at radius 2 is 2.50 bits per heavy atom. The molecular weight excluding hydrogens is 176 g/mol. The zero-order chi connectivity index (χ0) is 9.19. The first-order valence-electron chi connectivity index (χ1n) is 3.88. The molecule has 0 bridgehead atoms. The van der Waals surface area contributed by atoms with E-state index in [0.717, 1.165) is 6.42 Å². The van der Waals surface area contributed by atoms with E-state index in [1.807, 2.05) is 6.26 Å². The topological polar surface area (TPSA) is 75.3 Å². The number of hydrogen-bond donors (Lipinski definition) is 3. The van der Waals surface area contributed by atoms with Gasteiger partial charge >= 0.3 is 5.97 Å². The van der Waals surface area contributed by atoms with Crippen molar-refractivity contribution < 1.29 is 9.90 Å². The summed E-state index contributed by atoms with van der Waals surface area (Å²) in [5.74, 6) is -0.957. The van der Waals surface area contributed by atoms with Crippen molar-refractivity contribution in [2.24, 2.45) is 5.73 Å². The fraction of sp³-hybridized carbons (Fsp3) is 0.857. The van der Waals surface area contributed by atoms with Crippen LogP contribution in [0.1, 0.15) is 12.8 Å². The third-order valence-electron chi connectivity index (χ3n) is 2.17. The van der Waals surface area contributed by atoms with Gasteiger partial charge in [-0.05, 0) is 19.2 Å². The van der Waals surface area contributed by atoms with Gasteiger partial charge in [0.05, 0.1) is 0 Å². The Kier molecular flexibility index (Phi) is 2.98. The number of piperidine rings is 1. The highest BCUT2D eigenvalue weighted by atomic mass is 32.2. The minimum Gasteiger partial charge on any atom is -0.479 e. The van der Waals surface area contributed by atoms with Crippen molar-refractivity contribution in [1.82, 2.24) is 5.32 Å². The molecule has 2 atom stereocenters. The number of carboxylic acid groups (broad SMARTS) is 1. The van der Waals surface area contributed by atoms with Crippen LogP contribution in [0.2, 0.25) is 0 Å². The third kappa shape index (κ3) is 1.91. The number of carbonyl (C=O) groups is 1. The summed E-state index contributed by atoms with van der Waals surface area (Å²) in [7, 11) is 0. The third-order valence-corrected chi connectivity index (χ3v) is 3.24. The van der Waals surface area contributed by atoms with E-state index < -0.39 is 11.6 Å². The van der Waals surface area contributed by atoms with Crippen molar-refractivity contribution in [2.45, 2.75) is 23.8 Å². The van der Waals surface area contributed by atoms with Crippen LogP contribution in [0.25, 0.3) is 0 Å². The van der Waals surface area contributed by atoms with Gasteiger partial charge in [-0.2, -0.15) is 11.8 Å². The van der Waals surface area contributed by atoms with Gasteiger partial charge in [-0.3, -0.25) is 5.32 Å². The molecule has 4 N–H and O–H groups in total. The van der Waals surface area contributed by atoms with Crippen LogP contribution in [0.3, 0.4) is 0 Å². The Balaban J connectivity index is 2.61. The van der Waals surface area contributed by atoms with Crippen LogP contribution in [0, 0.1) is 0 Å². The van der Waals surface area contributed by atoms with Gasteiger partial charge < -0.3 is 10.8 Å². The van der Waals surface area contributed by atoms with Crippen molar-refractivity contribution in [2.75, 3.05) is 12.8 Å². The Labute approximate surface area is 75.9 Å². The second-order valence-electron chi connectivity index (χ2n) is 3.05. The molecule has 1 heterocycles. The number of hydrogen-bond acceptors (Lipinski definition) is 4. The Hall–Kier alpha value is -0.260. The van der Waals surface area contributed by atoms with Crippen molar-refractivity contribution >= 4 is 17.7 Å². The molecule has 5 heteroatoms. The first kappa shape index (κ1) is 9.83. The highest BCUT2D eigenvalue weighted by Crippen LogP contribution is 2.23. The lowest BCUT2D eigenvalue weighted by Crippen LogP contribution is -2.63. The van der Waals surface area contributed by atoms with Crippen molar-refractivity contribution in [3.63, 3.8) is 0 Å². The summed E-state index contributed by atoms with van der Waals surface area (Å²) in [5, 5.41) is 12.0. The number of thioether (sulfide) groups is 1. The lowest BCUT2D eigenvalue weighted by atomic mass is 9.98. The SMILES string of the molecule is CSC1CCNC(N)(C(=O)O)C1. The molecule has 1 aliphatic heterocycles. The van der Waals surface area contributed by atoms with E-state index in [-0.39, 0.29) is 0 Å². The van der Waals surface area contributed by atoms with E-state index in [4.69, 9.17) is 10.8 Å². The molecule has 2 unspecified atom stereocenters. The van der Waals surface area contributed by atoms with Gasteiger partial charge in [0.15, 0.2) is 5.66 Å². The van der Waals surface area contributed by atoms with Crippen molar-refractivity contribution in [3.8, 4) is 0 Å². The Morgan fingerprint density at radius 1 is 1.83 bits per heavy atom. The van der Waals surface area contributed by atoms with E-state index in [9.17, 15) is 4.79 Å². The fourth-order valence-corrected chi connectivity index (χ4v) is 2.14. The van der Waals surface area contributed by atoms with E-state index in [1.165, 1.54) is 0 Å². The average Bonchev–Trinajstić information content (AvgIpc) is 2.04. The maximum atomic E-state index is 10.7. The summed E-state index contributed by atoms with van der Waals surface area (Å²) >= 11 is 1.68. The summed E-state index contributed by atoms with van der Waals surface area (Å²) in [5.41, 5.74) is 4.44. The molecule has 70 valence electrons. The van der Waals surface area contributed by atoms with E-state index >= 15 is 0 Å². The molecule has 1 fully saturated rings. The van der Waals surface area contributed by atoms with Crippen LogP contribution in [0.5, 0.6) is 0 Å². The maximum absolute atomic E-state index is 10.7. The van der Waals surface area contributed by atoms with E-state index in [1.54, 1.807) is 11.8 Å². The molecule has 0 aliphatic carbocycles. The molecule has 4 nitrogen and oxygen atoms in total. The molecule has 1 rings (SSSR count).